The van der Waals surface area contributed by atoms with Gasteiger partial charge >= 0.3 is 18.6 Å². The molecule has 0 bridgehead atoms. The lowest BCUT2D eigenvalue weighted by Crippen LogP contribution is -2.44. The summed E-state index contributed by atoms with van der Waals surface area (Å²) in [6, 6.07) is 2.67. The van der Waals surface area contributed by atoms with Gasteiger partial charge in [0.1, 0.15) is 0 Å². The lowest BCUT2D eigenvalue weighted by molar-refractivity contribution is -0.123. The highest BCUT2D eigenvalue weighted by atomic mass is 19.3. The first-order valence-electron chi connectivity index (χ1n) is 8.25. The van der Waals surface area contributed by atoms with Crippen molar-refractivity contribution in [3.05, 3.63) is 23.8 Å². The van der Waals surface area contributed by atoms with Crippen molar-refractivity contribution in [2.24, 2.45) is 0 Å². The standard InChI is InChI=1S/C17H22F2N2O6/c1-4-10(3)20-17(24)21-14(22)9-26-15(23)11-6-7-12(27-16(18)19)13(8-11)25-5-2/h6-8,10,16H,4-5,9H2,1-3H3,(H2,20,21,22,24)/t10-/m1/s1. The summed E-state index contributed by atoms with van der Waals surface area (Å²) < 4.78 is 39.0. The largest absolute Gasteiger partial charge is 0.490 e. The molecular weight excluding hydrogens is 366 g/mol. The van der Waals surface area contributed by atoms with Crippen LogP contribution in [0.2, 0.25) is 0 Å². The van der Waals surface area contributed by atoms with Crippen molar-refractivity contribution in [3.8, 4) is 11.5 Å². The third kappa shape index (κ3) is 7.89. The highest BCUT2D eigenvalue weighted by Gasteiger charge is 2.17. The zero-order valence-corrected chi connectivity index (χ0v) is 15.2. The quantitative estimate of drug-likeness (QED) is 0.630. The Bertz CT molecular complexity index is 669. The van der Waals surface area contributed by atoms with Gasteiger partial charge in [0.25, 0.3) is 5.91 Å². The molecule has 10 heteroatoms. The average molecular weight is 388 g/mol. The van der Waals surface area contributed by atoms with Crippen molar-refractivity contribution in [2.45, 2.75) is 39.8 Å². The van der Waals surface area contributed by atoms with Crippen molar-refractivity contribution in [3.63, 3.8) is 0 Å². The van der Waals surface area contributed by atoms with Crippen molar-refractivity contribution >= 4 is 17.9 Å². The number of urea groups is 1. The highest BCUT2D eigenvalue weighted by molar-refractivity contribution is 5.97. The van der Waals surface area contributed by atoms with E-state index in [9.17, 15) is 23.2 Å². The van der Waals surface area contributed by atoms with Crippen LogP contribution in [0.1, 0.15) is 37.6 Å². The van der Waals surface area contributed by atoms with E-state index in [0.717, 1.165) is 12.1 Å². The summed E-state index contributed by atoms with van der Waals surface area (Å²) in [7, 11) is 0. The van der Waals surface area contributed by atoms with Gasteiger partial charge in [0, 0.05) is 6.04 Å². The van der Waals surface area contributed by atoms with E-state index in [1.165, 1.54) is 6.07 Å². The number of esters is 1. The number of carbonyl (C=O) groups excluding carboxylic acids is 3. The topological polar surface area (TPSA) is 103 Å². The fourth-order valence-corrected chi connectivity index (χ4v) is 1.84. The molecular formula is C17H22F2N2O6. The van der Waals surface area contributed by atoms with E-state index in [-0.39, 0.29) is 29.7 Å². The summed E-state index contributed by atoms with van der Waals surface area (Å²) in [5, 5.41) is 4.54. The normalized spacial score (nSPS) is 11.5. The number of benzene rings is 1. The molecule has 0 spiro atoms. The van der Waals surface area contributed by atoms with Crippen LogP contribution < -0.4 is 20.1 Å². The monoisotopic (exact) mass is 388 g/mol. The maximum absolute atomic E-state index is 12.4. The van der Waals surface area contributed by atoms with Gasteiger partial charge in [0.15, 0.2) is 18.1 Å². The molecule has 0 saturated carbocycles. The van der Waals surface area contributed by atoms with Gasteiger partial charge in [-0.3, -0.25) is 10.1 Å². The molecule has 3 amide bonds. The Labute approximate surface area is 155 Å². The molecule has 0 heterocycles. The van der Waals surface area contributed by atoms with Crippen molar-refractivity contribution in [1.82, 2.24) is 10.6 Å². The third-order valence-electron chi connectivity index (χ3n) is 3.27. The van der Waals surface area contributed by atoms with E-state index in [2.05, 4.69) is 10.1 Å². The van der Waals surface area contributed by atoms with Crippen LogP contribution in [-0.2, 0) is 9.53 Å². The van der Waals surface area contributed by atoms with E-state index in [1.54, 1.807) is 13.8 Å². The van der Waals surface area contributed by atoms with Crippen LogP contribution in [0, 0.1) is 0 Å². The molecule has 0 aliphatic heterocycles. The van der Waals surface area contributed by atoms with E-state index in [1.807, 2.05) is 12.2 Å². The summed E-state index contributed by atoms with van der Waals surface area (Å²) in [4.78, 5) is 35.1. The first-order valence-corrected chi connectivity index (χ1v) is 8.25. The maximum Gasteiger partial charge on any atom is 0.387 e. The molecule has 0 radical (unpaired) electrons. The van der Waals surface area contributed by atoms with Gasteiger partial charge < -0.3 is 19.5 Å². The molecule has 0 unspecified atom stereocenters. The molecule has 1 rings (SSSR count). The zero-order chi connectivity index (χ0) is 20.4. The fourth-order valence-electron chi connectivity index (χ4n) is 1.84. The predicted molar refractivity (Wildman–Crippen MR) is 91.0 cm³/mol. The zero-order valence-electron chi connectivity index (χ0n) is 15.2. The number of imide groups is 1. The van der Waals surface area contributed by atoms with Crippen LogP contribution in [0.25, 0.3) is 0 Å². The Morgan fingerprint density at radius 1 is 1.15 bits per heavy atom. The number of ether oxygens (including phenoxy) is 3. The van der Waals surface area contributed by atoms with Crippen molar-refractivity contribution < 1.29 is 37.4 Å². The van der Waals surface area contributed by atoms with Gasteiger partial charge in [0.05, 0.1) is 12.2 Å². The Morgan fingerprint density at radius 2 is 1.85 bits per heavy atom. The SMILES string of the molecule is CCOc1cc(C(=O)OCC(=O)NC(=O)N[C@H](C)CC)ccc1OC(F)F. The van der Waals surface area contributed by atoms with E-state index in [4.69, 9.17) is 9.47 Å². The van der Waals surface area contributed by atoms with Gasteiger partial charge in [-0.1, -0.05) is 6.92 Å². The highest BCUT2D eigenvalue weighted by Crippen LogP contribution is 2.30. The van der Waals surface area contributed by atoms with Gasteiger partial charge in [0.2, 0.25) is 0 Å². The molecule has 0 aliphatic rings. The Morgan fingerprint density at radius 3 is 2.44 bits per heavy atom. The molecule has 8 nitrogen and oxygen atoms in total. The second kappa shape index (κ2) is 10.9. The van der Waals surface area contributed by atoms with E-state index in [0.29, 0.717) is 6.42 Å². The number of halogens is 2. The molecule has 0 aliphatic carbocycles. The van der Waals surface area contributed by atoms with Gasteiger partial charge in [-0.05, 0) is 38.5 Å². The maximum atomic E-state index is 12.4. The molecule has 2 N–H and O–H groups in total. The summed E-state index contributed by atoms with van der Waals surface area (Å²) in [6.45, 7) is 1.68. The summed E-state index contributed by atoms with van der Waals surface area (Å²) in [6.07, 6.45) is 0.685. The molecule has 0 aromatic heterocycles. The summed E-state index contributed by atoms with van der Waals surface area (Å²) in [5.74, 6) is -2.00. The van der Waals surface area contributed by atoms with Crippen LogP contribution in [0.4, 0.5) is 13.6 Å². The number of rotatable bonds is 9. The second-order valence-electron chi connectivity index (χ2n) is 5.38. The molecule has 1 aromatic carbocycles. The Balaban J connectivity index is 2.64. The van der Waals surface area contributed by atoms with Crippen LogP contribution in [-0.4, -0.2) is 43.8 Å². The molecule has 27 heavy (non-hydrogen) atoms. The smallest absolute Gasteiger partial charge is 0.387 e. The molecule has 0 fully saturated rings. The van der Waals surface area contributed by atoms with Crippen LogP contribution in [0.5, 0.6) is 11.5 Å². The van der Waals surface area contributed by atoms with Crippen molar-refractivity contribution in [2.75, 3.05) is 13.2 Å². The number of alkyl halides is 2. The average Bonchev–Trinajstić information content (AvgIpc) is 2.60. The second-order valence-corrected chi connectivity index (χ2v) is 5.38. The minimum absolute atomic E-state index is 0.0306. The minimum atomic E-state index is -3.05. The summed E-state index contributed by atoms with van der Waals surface area (Å²) >= 11 is 0. The van der Waals surface area contributed by atoms with Gasteiger partial charge in [-0.2, -0.15) is 8.78 Å². The Hall–Kier alpha value is -2.91. The molecule has 1 aromatic rings. The van der Waals surface area contributed by atoms with Crippen LogP contribution in [0.15, 0.2) is 18.2 Å². The minimum Gasteiger partial charge on any atom is -0.490 e. The van der Waals surface area contributed by atoms with Crippen molar-refractivity contribution in [1.29, 1.82) is 0 Å². The molecule has 1 atom stereocenters. The number of nitrogens with one attached hydrogen (secondary N) is 2. The predicted octanol–water partition coefficient (Wildman–Crippen LogP) is 2.47. The third-order valence-corrected chi connectivity index (χ3v) is 3.27. The lowest BCUT2D eigenvalue weighted by Gasteiger charge is -2.13. The fraction of sp³-hybridized carbons (Fsp3) is 0.471. The van der Waals surface area contributed by atoms with Gasteiger partial charge in [-0.15, -0.1) is 0 Å². The molecule has 150 valence electrons. The van der Waals surface area contributed by atoms with E-state index >= 15 is 0 Å². The van der Waals surface area contributed by atoms with Crippen LogP contribution in [0.3, 0.4) is 0 Å². The Kier molecular flexibility index (Phi) is 8.97. The number of hydrogen-bond acceptors (Lipinski definition) is 6. The molecule has 0 saturated heterocycles. The first-order chi connectivity index (χ1) is 12.8. The lowest BCUT2D eigenvalue weighted by atomic mass is 10.2. The first kappa shape index (κ1) is 22.1. The number of amides is 3. The number of carbonyl (C=O) groups is 3. The van der Waals surface area contributed by atoms with Gasteiger partial charge in [-0.25, -0.2) is 9.59 Å². The number of hydrogen-bond donors (Lipinski definition) is 2. The summed E-state index contributed by atoms with van der Waals surface area (Å²) in [5.41, 5.74) is -0.0306. The van der Waals surface area contributed by atoms with Crippen LogP contribution >= 0.6 is 0 Å². The van der Waals surface area contributed by atoms with E-state index < -0.39 is 31.1 Å².